The first-order valence-corrected chi connectivity index (χ1v) is 6.08. The van der Waals surface area contributed by atoms with Crippen LogP contribution in [0.5, 0.6) is 5.75 Å². The highest BCUT2D eigenvalue weighted by atomic mass is 19.3. The van der Waals surface area contributed by atoms with Gasteiger partial charge in [0.05, 0.1) is 5.52 Å². The molecule has 0 amide bonds. The maximum absolute atomic E-state index is 12.2. The van der Waals surface area contributed by atoms with Gasteiger partial charge in [-0.2, -0.15) is 8.78 Å². The second-order valence-electron chi connectivity index (χ2n) is 4.56. The number of halogens is 2. The van der Waals surface area contributed by atoms with Crippen molar-refractivity contribution in [1.82, 2.24) is 4.98 Å². The third-order valence-corrected chi connectivity index (χ3v) is 2.89. The summed E-state index contributed by atoms with van der Waals surface area (Å²) in [7, 11) is 1.79. The van der Waals surface area contributed by atoms with Gasteiger partial charge >= 0.3 is 6.61 Å². The van der Waals surface area contributed by atoms with Gasteiger partial charge < -0.3 is 10.1 Å². The van der Waals surface area contributed by atoms with Crippen molar-refractivity contribution in [3.63, 3.8) is 0 Å². The summed E-state index contributed by atoms with van der Waals surface area (Å²) in [4.78, 5) is 4.52. The zero-order chi connectivity index (χ0) is 14.0. The van der Waals surface area contributed by atoms with Gasteiger partial charge in [-0.3, -0.25) is 4.98 Å². The molecule has 0 unspecified atom stereocenters. The quantitative estimate of drug-likeness (QED) is 0.908. The van der Waals surface area contributed by atoms with E-state index in [2.05, 4.69) is 28.9 Å². The van der Waals surface area contributed by atoms with E-state index in [1.54, 1.807) is 19.2 Å². The second kappa shape index (κ2) is 5.38. The Morgan fingerprint density at radius 1 is 1.21 bits per heavy atom. The lowest BCUT2D eigenvalue weighted by molar-refractivity contribution is -0.0497. The molecule has 2 rings (SSSR count). The normalized spacial score (nSPS) is 11.3. The monoisotopic (exact) mass is 266 g/mol. The van der Waals surface area contributed by atoms with Gasteiger partial charge in [-0.05, 0) is 30.2 Å². The van der Waals surface area contributed by atoms with Crippen molar-refractivity contribution < 1.29 is 13.5 Å². The van der Waals surface area contributed by atoms with Gasteiger partial charge in [-0.25, -0.2) is 0 Å². The van der Waals surface area contributed by atoms with Crippen LogP contribution in [0, 0.1) is 0 Å². The Labute approximate surface area is 110 Å². The number of hydrogen-bond donors (Lipinski definition) is 1. The van der Waals surface area contributed by atoms with Crippen LogP contribution in [0.1, 0.15) is 25.5 Å². The smallest absolute Gasteiger partial charge is 0.387 e. The van der Waals surface area contributed by atoms with E-state index in [1.807, 2.05) is 6.07 Å². The first-order chi connectivity index (χ1) is 9.01. The average molecular weight is 266 g/mol. The Balaban J connectivity index is 2.55. The summed E-state index contributed by atoms with van der Waals surface area (Å²) in [6.45, 7) is 1.29. The van der Waals surface area contributed by atoms with Crippen molar-refractivity contribution in [2.24, 2.45) is 0 Å². The molecular formula is C14H16F2N2O. The van der Waals surface area contributed by atoms with Gasteiger partial charge in [-0.1, -0.05) is 13.8 Å². The Morgan fingerprint density at radius 2 is 1.95 bits per heavy atom. The third-order valence-electron chi connectivity index (χ3n) is 2.89. The number of benzene rings is 1. The SMILES string of the molecule is CNc1cc(C(C)C)nc2ccc(OC(F)F)cc12. The van der Waals surface area contributed by atoms with Crippen LogP contribution in [0.25, 0.3) is 10.9 Å². The summed E-state index contributed by atoms with van der Waals surface area (Å²) < 4.78 is 28.8. The van der Waals surface area contributed by atoms with Crippen LogP contribution in [0.3, 0.4) is 0 Å². The van der Waals surface area contributed by atoms with Crippen molar-refractivity contribution in [3.8, 4) is 5.75 Å². The van der Waals surface area contributed by atoms with Crippen LogP contribution in [-0.2, 0) is 0 Å². The van der Waals surface area contributed by atoms with E-state index in [1.165, 1.54) is 6.07 Å². The first kappa shape index (κ1) is 13.5. The number of alkyl halides is 2. The minimum atomic E-state index is -2.82. The van der Waals surface area contributed by atoms with Gasteiger partial charge in [0, 0.05) is 23.8 Å². The van der Waals surface area contributed by atoms with Crippen molar-refractivity contribution in [1.29, 1.82) is 0 Å². The van der Waals surface area contributed by atoms with Gasteiger partial charge in [0.25, 0.3) is 0 Å². The van der Waals surface area contributed by atoms with Crippen LogP contribution in [0.4, 0.5) is 14.5 Å². The molecule has 5 heteroatoms. The standard InChI is InChI=1S/C14H16F2N2O/c1-8(2)12-7-13(17-3)10-6-9(19-14(15)16)4-5-11(10)18-12/h4-8,14H,1-3H3,(H,17,18). The fourth-order valence-corrected chi connectivity index (χ4v) is 1.90. The predicted octanol–water partition coefficient (Wildman–Crippen LogP) is 4.00. The molecule has 0 saturated heterocycles. The Bertz CT molecular complexity index is 585. The number of ether oxygens (including phenoxy) is 1. The number of nitrogens with one attached hydrogen (secondary N) is 1. The van der Waals surface area contributed by atoms with Gasteiger partial charge in [0.15, 0.2) is 0 Å². The molecule has 0 aliphatic rings. The van der Waals surface area contributed by atoms with Crippen molar-refractivity contribution >= 4 is 16.6 Å². The number of hydrogen-bond acceptors (Lipinski definition) is 3. The minimum Gasteiger partial charge on any atom is -0.435 e. The molecule has 19 heavy (non-hydrogen) atoms. The summed E-state index contributed by atoms with van der Waals surface area (Å²) in [5, 5.41) is 3.83. The summed E-state index contributed by atoms with van der Waals surface area (Å²) in [6, 6.07) is 6.70. The number of nitrogens with zero attached hydrogens (tertiary/aromatic N) is 1. The molecular weight excluding hydrogens is 250 g/mol. The lowest BCUT2D eigenvalue weighted by Crippen LogP contribution is -2.03. The maximum atomic E-state index is 12.2. The Morgan fingerprint density at radius 3 is 2.53 bits per heavy atom. The molecule has 1 aromatic carbocycles. The maximum Gasteiger partial charge on any atom is 0.387 e. The molecule has 2 aromatic rings. The molecule has 1 N–H and O–H groups in total. The van der Waals surface area contributed by atoms with Gasteiger partial charge in [0.1, 0.15) is 5.75 Å². The molecule has 3 nitrogen and oxygen atoms in total. The van der Waals surface area contributed by atoms with Crippen molar-refractivity contribution in [2.45, 2.75) is 26.4 Å². The molecule has 0 aliphatic heterocycles. The van der Waals surface area contributed by atoms with E-state index in [9.17, 15) is 8.78 Å². The highest BCUT2D eigenvalue weighted by molar-refractivity contribution is 5.92. The third kappa shape index (κ3) is 2.92. The Kier molecular flexibility index (Phi) is 3.83. The van der Waals surface area contributed by atoms with Crippen LogP contribution in [0.15, 0.2) is 24.3 Å². The molecule has 0 aliphatic carbocycles. The van der Waals surface area contributed by atoms with Crippen molar-refractivity contribution in [3.05, 3.63) is 30.0 Å². The Hall–Kier alpha value is -1.91. The molecule has 102 valence electrons. The number of fused-ring (bicyclic) bond motifs is 1. The summed E-state index contributed by atoms with van der Waals surface area (Å²) in [5.74, 6) is 0.437. The van der Waals surface area contributed by atoms with Crippen LogP contribution in [-0.4, -0.2) is 18.6 Å². The lowest BCUT2D eigenvalue weighted by atomic mass is 10.1. The topological polar surface area (TPSA) is 34.2 Å². The molecule has 1 aromatic heterocycles. The first-order valence-electron chi connectivity index (χ1n) is 6.08. The van der Waals surface area contributed by atoms with E-state index in [0.29, 0.717) is 5.92 Å². The number of rotatable bonds is 4. The van der Waals surface area contributed by atoms with Crippen LogP contribution >= 0.6 is 0 Å². The predicted molar refractivity (Wildman–Crippen MR) is 72.0 cm³/mol. The number of anilines is 1. The molecule has 1 heterocycles. The second-order valence-corrected chi connectivity index (χ2v) is 4.56. The van der Waals surface area contributed by atoms with E-state index < -0.39 is 6.61 Å². The molecule has 0 saturated carbocycles. The molecule has 0 bridgehead atoms. The van der Waals surface area contributed by atoms with Crippen molar-refractivity contribution in [2.75, 3.05) is 12.4 Å². The summed E-state index contributed by atoms with van der Waals surface area (Å²) in [6.07, 6.45) is 0. The molecule has 0 radical (unpaired) electrons. The largest absolute Gasteiger partial charge is 0.435 e. The summed E-state index contributed by atoms with van der Waals surface area (Å²) >= 11 is 0. The van der Waals surface area contributed by atoms with E-state index in [4.69, 9.17) is 0 Å². The number of aromatic nitrogens is 1. The van der Waals surface area contributed by atoms with Crippen LogP contribution in [0.2, 0.25) is 0 Å². The van der Waals surface area contributed by atoms with E-state index in [-0.39, 0.29) is 5.75 Å². The molecule has 0 atom stereocenters. The van der Waals surface area contributed by atoms with Crippen LogP contribution < -0.4 is 10.1 Å². The highest BCUT2D eigenvalue weighted by Crippen LogP contribution is 2.29. The zero-order valence-electron chi connectivity index (χ0n) is 11.1. The fraction of sp³-hybridized carbons (Fsp3) is 0.357. The van der Waals surface area contributed by atoms with Gasteiger partial charge in [0.2, 0.25) is 0 Å². The average Bonchev–Trinajstić information content (AvgIpc) is 2.36. The minimum absolute atomic E-state index is 0.137. The van der Waals surface area contributed by atoms with E-state index >= 15 is 0 Å². The number of pyridine rings is 1. The molecule has 0 fully saturated rings. The summed E-state index contributed by atoms with van der Waals surface area (Å²) in [5.41, 5.74) is 2.57. The molecule has 0 spiro atoms. The zero-order valence-corrected chi connectivity index (χ0v) is 11.1. The lowest BCUT2D eigenvalue weighted by Gasteiger charge is -2.12. The highest BCUT2D eigenvalue weighted by Gasteiger charge is 2.10. The van der Waals surface area contributed by atoms with Gasteiger partial charge in [-0.15, -0.1) is 0 Å². The fourth-order valence-electron chi connectivity index (χ4n) is 1.90. The van der Waals surface area contributed by atoms with E-state index in [0.717, 1.165) is 22.3 Å².